The lowest BCUT2D eigenvalue weighted by Crippen LogP contribution is -2.10. The van der Waals surface area contributed by atoms with Crippen molar-refractivity contribution < 1.29 is 9.53 Å². The highest BCUT2D eigenvalue weighted by atomic mass is 35.5. The quantitative estimate of drug-likeness (QED) is 0.550. The minimum atomic E-state index is -0.468. The highest BCUT2D eigenvalue weighted by molar-refractivity contribution is 7.11. The van der Waals surface area contributed by atoms with Crippen molar-refractivity contribution in [1.82, 2.24) is 20.0 Å². The van der Waals surface area contributed by atoms with Crippen molar-refractivity contribution in [2.24, 2.45) is 0 Å². The molecule has 0 atom stereocenters. The molecule has 0 radical (unpaired) electrons. The summed E-state index contributed by atoms with van der Waals surface area (Å²) in [4.78, 5) is 18.6. The molecular formula is C20H21ClN4O2S. The Bertz CT molecular complexity index is 975. The molecule has 3 aromatic rings. The standard InChI is InChI=1S/C20H21ClN4O2S/c1-2-6-16-19(23-24-25(16)14-8-5-7-13(21)11-14)20(26)27-12-18-22-15-9-3-4-10-17(15)28-18/h5,7-8,11H,2-4,6,9-10,12H2,1H3. The molecule has 0 fully saturated rings. The van der Waals surface area contributed by atoms with Crippen LogP contribution < -0.4 is 0 Å². The molecule has 0 saturated carbocycles. The molecular weight excluding hydrogens is 396 g/mol. The number of esters is 1. The lowest BCUT2D eigenvalue weighted by atomic mass is 10.0. The Hall–Kier alpha value is -2.25. The van der Waals surface area contributed by atoms with Gasteiger partial charge in [0.2, 0.25) is 0 Å². The fourth-order valence-electron chi connectivity index (χ4n) is 3.40. The summed E-state index contributed by atoms with van der Waals surface area (Å²) in [5, 5.41) is 9.72. The van der Waals surface area contributed by atoms with Gasteiger partial charge >= 0.3 is 5.97 Å². The summed E-state index contributed by atoms with van der Waals surface area (Å²) >= 11 is 7.74. The minimum Gasteiger partial charge on any atom is -0.453 e. The number of nitrogens with zero attached hydrogens (tertiary/aromatic N) is 4. The van der Waals surface area contributed by atoms with E-state index in [9.17, 15) is 4.79 Å². The molecule has 0 aliphatic heterocycles. The first-order valence-electron chi connectivity index (χ1n) is 9.50. The Morgan fingerprint density at radius 2 is 2.18 bits per heavy atom. The van der Waals surface area contributed by atoms with Crippen molar-refractivity contribution in [3.05, 3.63) is 56.3 Å². The maximum absolute atomic E-state index is 12.7. The second kappa shape index (κ2) is 8.41. The maximum atomic E-state index is 12.7. The van der Waals surface area contributed by atoms with Crippen LogP contribution in [0.4, 0.5) is 0 Å². The molecule has 1 aliphatic carbocycles. The third-order valence-electron chi connectivity index (χ3n) is 4.71. The normalized spacial score (nSPS) is 13.4. The Morgan fingerprint density at radius 3 is 2.96 bits per heavy atom. The molecule has 2 aromatic heterocycles. The number of rotatable bonds is 6. The number of aromatic nitrogens is 4. The molecule has 8 heteroatoms. The second-order valence-corrected chi connectivity index (χ2v) is 8.39. The number of thiazole rings is 1. The van der Waals surface area contributed by atoms with Gasteiger partial charge in [0.1, 0.15) is 11.6 Å². The minimum absolute atomic E-state index is 0.173. The van der Waals surface area contributed by atoms with Gasteiger partial charge in [-0.2, -0.15) is 0 Å². The summed E-state index contributed by atoms with van der Waals surface area (Å²) in [6.45, 7) is 2.22. The van der Waals surface area contributed by atoms with Crippen molar-refractivity contribution >= 4 is 28.9 Å². The van der Waals surface area contributed by atoms with E-state index in [-0.39, 0.29) is 12.3 Å². The zero-order chi connectivity index (χ0) is 19.5. The first-order valence-corrected chi connectivity index (χ1v) is 10.7. The first kappa shape index (κ1) is 19.1. The highest BCUT2D eigenvalue weighted by Gasteiger charge is 2.22. The predicted octanol–water partition coefficient (Wildman–Crippen LogP) is 4.57. The van der Waals surface area contributed by atoms with Crippen LogP contribution in [0.3, 0.4) is 0 Å². The Labute approximate surface area is 172 Å². The van der Waals surface area contributed by atoms with E-state index in [1.165, 1.54) is 23.4 Å². The number of carbonyl (C=O) groups is 1. The van der Waals surface area contributed by atoms with Gasteiger partial charge in [0.05, 0.1) is 17.1 Å². The molecule has 0 N–H and O–H groups in total. The molecule has 0 bridgehead atoms. The van der Waals surface area contributed by atoms with E-state index in [1.807, 2.05) is 19.1 Å². The molecule has 146 valence electrons. The van der Waals surface area contributed by atoms with Gasteiger partial charge in [-0.05, 0) is 50.3 Å². The van der Waals surface area contributed by atoms with Crippen LogP contribution in [-0.4, -0.2) is 25.9 Å². The van der Waals surface area contributed by atoms with Crippen LogP contribution in [0.15, 0.2) is 24.3 Å². The van der Waals surface area contributed by atoms with E-state index in [4.69, 9.17) is 16.3 Å². The zero-order valence-corrected chi connectivity index (χ0v) is 17.2. The lowest BCUT2D eigenvalue weighted by Gasteiger charge is -2.07. The van der Waals surface area contributed by atoms with Gasteiger partial charge in [0, 0.05) is 9.90 Å². The van der Waals surface area contributed by atoms with E-state index < -0.39 is 5.97 Å². The molecule has 0 spiro atoms. The molecule has 28 heavy (non-hydrogen) atoms. The van der Waals surface area contributed by atoms with Gasteiger partial charge in [-0.25, -0.2) is 14.5 Å². The summed E-state index contributed by atoms with van der Waals surface area (Å²) in [7, 11) is 0. The summed E-state index contributed by atoms with van der Waals surface area (Å²) < 4.78 is 7.18. The Balaban J connectivity index is 1.53. The number of ether oxygens (including phenoxy) is 1. The van der Waals surface area contributed by atoms with Crippen molar-refractivity contribution in [3.63, 3.8) is 0 Å². The van der Waals surface area contributed by atoms with Gasteiger partial charge in [0.15, 0.2) is 5.69 Å². The number of benzene rings is 1. The van der Waals surface area contributed by atoms with Gasteiger partial charge in [-0.15, -0.1) is 16.4 Å². The fourth-order valence-corrected chi connectivity index (χ4v) is 4.65. The van der Waals surface area contributed by atoms with Gasteiger partial charge < -0.3 is 4.74 Å². The number of carbonyl (C=O) groups excluding carboxylic acids is 1. The smallest absolute Gasteiger partial charge is 0.361 e. The molecule has 6 nitrogen and oxygen atoms in total. The summed E-state index contributed by atoms with van der Waals surface area (Å²) in [6.07, 6.45) is 6.01. The third-order valence-corrected chi connectivity index (χ3v) is 6.08. The van der Waals surface area contributed by atoms with Crippen LogP contribution in [0.5, 0.6) is 0 Å². The van der Waals surface area contributed by atoms with E-state index in [0.717, 1.165) is 35.7 Å². The number of hydrogen-bond acceptors (Lipinski definition) is 6. The first-order chi connectivity index (χ1) is 13.7. The van der Waals surface area contributed by atoms with Gasteiger partial charge in [-0.1, -0.05) is 36.2 Å². The van der Waals surface area contributed by atoms with E-state index in [0.29, 0.717) is 11.4 Å². The van der Waals surface area contributed by atoms with E-state index in [1.54, 1.807) is 28.2 Å². The summed E-state index contributed by atoms with van der Waals surface area (Å²) in [5.74, 6) is -0.468. The molecule has 0 unspecified atom stereocenters. The van der Waals surface area contributed by atoms with E-state index in [2.05, 4.69) is 15.3 Å². The molecule has 0 amide bonds. The van der Waals surface area contributed by atoms with Crippen LogP contribution in [0, 0.1) is 0 Å². The number of halogens is 1. The Kier molecular flexibility index (Phi) is 5.73. The SMILES string of the molecule is CCCc1c(C(=O)OCc2nc3c(s2)CCCC3)nnn1-c1cccc(Cl)c1. The average molecular weight is 417 g/mol. The fraction of sp³-hybridized carbons (Fsp3) is 0.400. The molecule has 0 saturated heterocycles. The van der Waals surface area contributed by atoms with Crippen molar-refractivity contribution in [3.8, 4) is 5.69 Å². The maximum Gasteiger partial charge on any atom is 0.361 e. The zero-order valence-electron chi connectivity index (χ0n) is 15.7. The highest BCUT2D eigenvalue weighted by Crippen LogP contribution is 2.27. The number of hydrogen-bond donors (Lipinski definition) is 0. The van der Waals surface area contributed by atoms with E-state index >= 15 is 0 Å². The predicted molar refractivity (Wildman–Crippen MR) is 108 cm³/mol. The second-order valence-electron chi connectivity index (χ2n) is 6.79. The lowest BCUT2D eigenvalue weighted by molar-refractivity contribution is 0.0463. The van der Waals surface area contributed by atoms with Crippen LogP contribution in [0.2, 0.25) is 5.02 Å². The molecule has 4 rings (SSSR count). The van der Waals surface area contributed by atoms with Crippen molar-refractivity contribution in [1.29, 1.82) is 0 Å². The molecule has 1 aromatic carbocycles. The van der Waals surface area contributed by atoms with Crippen molar-refractivity contribution in [2.75, 3.05) is 0 Å². The number of aryl methyl sites for hydroxylation is 2. The third kappa shape index (κ3) is 3.95. The number of fused-ring (bicyclic) bond motifs is 1. The van der Waals surface area contributed by atoms with Gasteiger partial charge in [-0.3, -0.25) is 0 Å². The Morgan fingerprint density at radius 1 is 1.32 bits per heavy atom. The van der Waals surface area contributed by atoms with Crippen molar-refractivity contribution in [2.45, 2.75) is 52.1 Å². The van der Waals surface area contributed by atoms with Crippen LogP contribution in [0.1, 0.15) is 57.9 Å². The summed E-state index contributed by atoms with van der Waals surface area (Å²) in [6, 6.07) is 7.32. The molecule has 2 heterocycles. The summed E-state index contributed by atoms with van der Waals surface area (Å²) in [5.41, 5.74) is 2.92. The topological polar surface area (TPSA) is 69.9 Å². The monoisotopic (exact) mass is 416 g/mol. The van der Waals surface area contributed by atoms with Crippen LogP contribution in [0.25, 0.3) is 5.69 Å². The largest absolute Gasteiger partial charge is 0.453 e. The van der Waals surface area contributed by atoms with Crippen LogP contribution in [-0.2, 0) is 30.6 Å². The van der Waals surface area contributed by atoms with Crippen LogP contribution >= 0.6 is 22.9 Å². The van der Waals surface area contributed by atoms with Gasteiger partial charge in [0.25, 0.3) is 0 Å². The molecule has 1 aliphatic rings. The average Bonchev–Trinajstić information content (AvgIpc) is 3.30.